The number of hydrogen-bond acceptors (Lipinski definition) is 4. The summed E-state index contributed by atoms with van der Waals surface area (Å²) in [6.45, 7) is 6.08. The summed E-state index contributed by atoms with van der Waals surface area (Å²) in [7, 11) is -3.58. The molecule has 24 heavy (non-hydrogen) atoms. The number of rotatable bonds is 8. The molecule has 1 aliphatic carbocycles. The third kappa shape index (κ3) is 4.15. The van der Waals surface area contributed by atoms with Crippen molar-refractivity contribution in [1.82, 2.24) is 10.0 Å². The van der Waals surface area contributed by atoms with Crippen LogP contribution in [-0.4, -0.2) is 32.5 Å². The largest absolute Gasteiger partial charge is 0.345 e. The van der Waals surface area contributed by atoms with E-state index >= 15 is 0 Å². The fraction of sp³-hybridized carbons (Fsp3) is 0.588. The Kier molecular flexibility index (Phi) is 5.67. The molecule has 0 atom stereocenters. The normalized spacial score (nSPS) is 15.3. The van der Waals surface area contributed by atoms with Crippen molar-refractivity contribution in [3.05, 3.63) is 29.3 Å². The van der Waals surface area contributed by atoms with Gasteiger partial charge in [-0.1, -0.05) is 19.9 Å². The first-order valence-electron chi connectivity index (χ1n) is 8.42. The van der Waals surface area contributed by atoms with Crippen molar-refractivity contribution in [3.8, 4) is 0 Å². The lowest BCUT2D eigenvalue weighted by Crippen LogP contribution is -2.53. The van der Waals surface area contributed by atoms with Gasteiger partial charge in [-0.25, -0.2) is 13.1 Å². The molecular formula is C17H27N3O3S. The first-order valence-corrected chi connectivity index (χ1v) is 9.91. The molecule has 1 fully saturated rings. The fourth-order valence-corrected chi connectivity index (χ4v) is 3.91. The molecule has 4 N–H and O–H groups in total. The highest BCUT2D eigenvalue weighted by Crippen LogP contribution is 2.24. The molecule has 0 saturated heterocycles. The highest BCUT2D eigenvalue weighted by atomic mass is 32.2. The molecule has 1 aromatic carbocycles. The number of benzene rings is 1. The highest BCUT2D eigenvalue weighted by Gasteiger charge is 2.30. The molecule has 0 unspecified atom stereocenters. The van der Waals surface area contributed by atoms with E-state index in [1.54, 1.807) is 13.0 Å². The summed E-state index contributed by atoms with van der Waals surface area (Å²) in [6, 6.07) is 4.67. The second-order valence-electron chi connectivity index (χ2n) is 6.52. The van der Waals surface area contributed by atoms with Gasteiger partial charge in [0.2, 0.25) is 10.0 Å². The molecule has 0 bridgehead atoms. The average molecular weight is 353 g/mol. The molecule has 0 heterocycles. The van der Waals surface area contributed by atoms with E-state index in [1.807, 2.05) is 13.8 Å². The molecule has 6 nitrogen and oxygen atoms in total. The van der Waals surface area contributed by atoms with E-state index in [9.17, 15) is 13.2 Å². The van der Waals surface area contributed by atoms with Crippen molar-refractivity contribution in [2.45, 2.75) is 62.9 Å². The summed E-state index contributed by atoms with van der Waals surface area (Å²) in [5.74, 6) is -0.287. The van der Waals surface area contributed by atoms with Gasteiger partial charge in [0.05, 0.1) is 10.4 Å². The zero-order valence-corrected chi connectivity index (χ0v) is 15.4. The van der Waals surface area contributed by atoms with Gasteiger partial charge < -0.3 is 11.1 Å². The zero-order valence-electron chi connectivity index (χ0n) is 14.6. The predicted octanol–water partition coefficient (Wildman–Crippen LogP) is 1.68. The van der Waals surface area contributed by atoms with Gasteiger partial charge in [0, 0.05) is 18.2 Å². The molecule has 0 aliphatic heterocycles. The van der Waals surface area contributed by atoms with Crippen LogP contribution < -0.4 is 15.8 Å². The Hall–Kier alpha value is -1.44. The minimum absolute atomic E-state index is 0.0265. The third-order valence-electron chi connectivity index (χ3n) is 4.79. The number of aryl methyl sites for hydroxylation is 1. The van der Waals surface area contributed by atoms with Crippen molar-refractivity contribution >= 4 is 15.9 Å². The van der Waals surface area contributed by atoms with Crippen LogP contribution in [-0.2, 0) is 10.0 Å². The van der Waals surface area contributed by atoms with E-state index in [4.69, 9.17) is 5.73 Å². The lowest BCUT2D eigenvalue weighted by Gasteiger charge is -2.31. The smallest absolute Gasteiger partial charge is 0.252 e. The van der Waals surface area contributed by atoms with E-state index in [2.05, 4.69) is 10.0 Å². The number of sulfonamides is 1. The van der Waals surface area contributed by atoms with Gasteiger partial charge in [0.15, 0.2) is 0 Å². The predicted molar refractivity (Wildman–Crippen MR) is 94.4 cm³/mol. The topological polar surface area (TPSA) is 101 Å². The summed E-state index contributed by atoms with van der Waals surface area (Å²) in [4.78, 5) is 12.8. The van der Waals surface area contributed by atoms with Crippen LogP contribution in [0.15, 0.2) is 23.1 Å². The molecule has 0 radical (unpaired) electrons. The summed E-state index contributed by atoms with van der Waals surface area (Å²) in [6.07, 6.45) is 3.16. The number of carbonyl (C=O) groups is 1. The summed E-state index contributed by atoms with van der Waals surface area (Å²) < 4.78 is 27.4. The maximum Gasteiger partial charge on any atom is 0.252 e. The van der Waals surface area contributed by atoms with Crippen molar-refractivity contribution in [3.63, 3.8) is 0 Å². The standard InChI is InChI=1S/C17H27N3O3S/c1-4-17(5-2,11-18)19-16(21)15-10-14(9-6-12(15)3)24(22,23)20-13-7-8-13/h6,9-10,13,20H,4-5,7-8,11,18H2,1-3H3,(H,19,21). The Morgan fingerprint density at radius 1 is 1.29 bits per heavy atom. The minimum Gasteiger partial charge on any atom is -0.345 e. The maximum absolute atomic E-state index is 12.7. The van der Waals surface area contributed by atoms with Gasteiger partial charge in [-0.3, -0.25) is 4.79 Å². The van der Waals surface area contributed by atoms with Gasteiger partial charge in [-0.15, -0.1) is 0 Å². The Bertz CT molecular complexity index is 700. The van der Waals surface area contributed by atoms with E-state index in [0.29, 0.717) is 24.9 Å². The summed E-state index contributed by atoms with van der Waals surface area (Å²) in [5, 5.41) is 2.99. The molecule has 0 aromatic heterocycles. The maximum atomic E-state index is 12.7. The van der Waals surface area contributed by atoms with E-state index in [0.717, 1.165) is 18.4 Å². The summed E-state index contributed by atoms with van der Waals surface area (Å²) >= 11 is 0. The average Bonchev–Trinajstić information content (AvgIpc) is 3.36. The van der Waals surface area contributed by atoms with E-state index < -0.39 is 15.6 Å². The van der Waals surface area contributed by atoms with Crippen LogP contribution in [0.25, 0.3) is 0 Å². The van der Waals surface area contributed by atoms with Crippen LogP contribution in [0.4, 0.5) is 0 Å². The van der Waals surface area contributed by atoms with E-state index in [-0.39, 0.29) is 16.8 Å². The second kappa shape index (κ2) is 7.21. The van der Waals surface area contributed by atoms with Crippen LogP contribution in [0.1, 0.15) is 55.5 Å². The van der Waals surface area contributed by atoms with Gasteiger partial charge in [-0.05, 0) is 50.3 Å². The quantitative estimate of drug-likeness (QED) is 0.662. The number of amides is 1. The van der Waals surface area contributed by atoms with Crippen LogP contribution >= 0.6 is 0 Å². The van der Waals surface area contributed by atoms with Crippen LogP contribution in [0.5, 0.6) is 0 Å². The minimum atomic E-state index is -3.58. The molecule has 7 heteroatoms. The lowest BCUT2D eigenvalue weighted by atomic mass is 9.92. The van der Waals surface area contributed by atoms with Crippen LogP contribution in [0.3, 0.4) is 0 Å². The first-order chi connectivity index (χ1) is 11.3. The number of hydrogen-bond donors (Lipinski definition) is 3. The van der Waals surface area contributed by atoms with Gasteiger partial charge in [-0.2, -0.15) is 0 Å². The van der Waals surface area contributed by atoms with Crippen molar-refractivity contribution in [2.75, 3.05) is 6.54 Å². The van der Waals surface area contributed by atoms with Gasteiger partial charge >= 0.3 is 0 Å². The van der Waals surface area contributed by atoms with Crippen molar-refractivity contribution in [1.29, 1.82) is 0 Å². The van der Waals surface area contributed by atoms with Crippen LogP contribution in [0.2, 0.25) is 0 Å². The molecule has 134 valence electrons. The number of carbonyl (C=O) groups excluding carboxylic acids is 1. The van der Waals surface area contributed by atoms with Crippen LogP contribution in [0, 0.1) is 6.92 Å². The highest BCUT2D eigenvalue weighted by molar-refractivity contribution is 7.89. The zero-order chi connectivity index (χ0) is 18.0. The number of nitrogens with one attached hydrogen (secondary N) is 2. The molecule has 0 spiro atoms. The van der Waals surface area contributed by atoms with Gasteiger partial charge in [0.25, 0.3) is 5.91 Å². The summed E-state index contributed by atoms with van der Waals surface area (Å²) in [5.41, 5.74) is 6.47. The molecular weight excluding hydrogens is 326 g/mol. The Labute approximate surface area is 144 Å². The Balaban J connectivity index is 2.29. The van der Waals surface area contributed by atoms with Crippen molar-refractivity contribution in [2.24, 2.45) is 5.73 Å². The lowest BCUT2D eigenvalue weighted by molar-refractivity contribution is 0.0894. The van der Waals surface area contributed by atoms with Crippen molar-refractivity contribution < 1.29 is 13.2 Å². The Morgan fingerprint density at radius 3 is 2.42 bits per heavy atom. The Morgan fingerprint density at radius 2 is 1.92 bits per heavy atom. The molecule has 1 aliphatic rings. The first kappa shape index (κ1) is 18.9. The molecule has 1 aromatic rings. The third-order valence-corrected chi connectivity index (χ3v) is 6.30. The molecule has 1 saturated carbocycles. The van der Waals surface area contributed by atoms with Gasteiger partial charge in [0.1, 0.15) is 0 Å². The SMILES string of the molecule is CCC(CC)(CN)NC(=O)c1cc(S(=O)(=O)NC2CC2)ccc1C. The monoisotopic (exact) mass is 353 g/mol. The fourth-order valence-electron chi connectivity index (χ4n) is 2.58. The number of nitrogens with two attached hydrogens (primary N) is 1. The molecule has 2 rings (SSSR count). The second-order valence-corrected chi connectivity index (χ2v) is 8.23. The van der Waals surface area contributed by atoms with E-state index in [1.165, 1.54) is 12.1 Å². The molecule has 1 amide bonds.